The van der Waals surface area contributed by atoms with E-state index in [1.165, 1.54) is 25.7 Å². The average molecular weight is 397 g/mol. The van der Waals surface area contributed by atoms with Gasteiger partial charge in [0.2, 0.25) is 0 Å². The van der Waals surface area contributed by atoms with Crippen LogP contribution in [0.5, 0.6) is 0 Å². The first-order valence-electron chi connectivity index (χ1n) is 8.52. The highest BCUT2D eigenvalue weighted by Crippen LogP contribution is 2.20. The summed E-state index contributed by atoms with van der Waals surface area (Å²) < 4.78 is 0. The first kappa shape index (κ1) is 22.1. The van der Waals surface area contributed by atoms with Gasteiger partial charge in [-0.2, -0.15) is 0 Å². The van der Waals surface area contributed by atoms with Gasteiger partial charge in [-0.05, 0) is 49.6 Å². The summed E-state index contributed by atoms with van der Waals surface area (Å²) in [5.74, 6) is 0.784. The molecule has 1 aromatic heterocycles. The van der Waals surface area contributed by atoms with E-state index in [2.05, 4.69) is 15.2 Å². The van der Waals surface area contributed by atoms with Crippen molar-refractivity contribution < 1.29 is 4.79 Å². The molecule has 0 aliphatic carbocycles. The van der Waals surface area contributed by atoms with Crippen LogP contribution >= 0.6 is 24.8 Å². The van der Waals surface area contributed by atoms with Gasteiger partial charge in [0.25, 0.3) is 5.91 Å². The van der Waals surface area contributed by atoms with Crippen molar-refractivity contribution in [2.24, 2.45) is 0 Å². The van der Waals surface area contributed by atoms with Crippen molar-refractivity contribution in [1.82, 2.24) is 4.98 Å². The van der Waals surface area contributed by atoms with Crippen LogP contribution in [0.25, 0.3) is 0 Å². The number of anilines is 3. The van der Waals surface area contributed by atoms with Crippen LogP contribution in [-0.2, 0) is 0 Å². The Morgan fingerprint density at radius 2 is 1.77 bits per heavy atom. The van der Waals surface area contributed by atoms with Crippen LogP contribution in [0.2, 0.25) is 0 Å². The fourth-order valence-corrected chi connectivity index (χ4v) is 2.98. The van der Waals surface area contributed by atoms with Crippen LogP contribution in [0.1, 0.15) is 41.6 Å². The molecule has 2 heterocycles. The summed E-state index contributed by atoms with van der Waals surface area (Å²) in [6.45, 7) is 4.03. The molecular formula is C19H26Cl2N4O. The van der Waals surface area contributed by atoms with Crippen LogP contribution < -0.4 is 16.0 Å². The topological polar surface area (TPSA) is 71.2 Å². The molecule has 1 aromatic carbocycles. The summed E-state index contributed by atoms with van der Waals surface area (Å²) in [5.41, 5.74) is 8.68. The van der Waals surface area contributed by atoms with Crippen molar-refractivity contribution in [1.29, 1.82) is 0 Å². The van der Waals surface area contributed by atoms with Gasteiger partial charge in [-0.1, -0.05) is 18.9 Å². The molecule has 3 N–H and O–H groups in total. The molecule has 0 bridgehead atoms. The lowest BCUT2D eigenvalue weighted by atomic mass is 10.1. The molecule has 1 fully saturated rings. The zero-order valence-electron chi connectivity index (χ0n) is 14.9. The fraction of sp³-hybridized carbons (Fsp3) is 0.368. The largest absolute Gasteiger partial charge is 0.399 e. The van der Waals surface area contributed by atoms with Crippen LogP contribution in [-0.4, -0.2) is 24.0 Å². The standard InChI is InChI=1S/C19H24N4O.2ClH/c1-14-6-8-16(20)12-17(14)22-19(24)15-7-9-18(21-13-15)23-10-4-2-3-5-11-23;;/h6-9,12-13H,2-5,10-11,20H2,1H3,(H,22,24);2*1H. The van der Waals surface area contributed by atoms with E-state index in [1.807, 2.05) is 31.2 Å². The number of carbonyl (C=O) groups excluding carboxylic acids is 1. The van der Waals surface area contributed by atoms with Gasteiger partial charge in [-0.25, -0.2) is 4.98 Å². The molecular weight excluding hydrogens is 371 g/mol. The number of pyridine rings is 1. The lowest BCUT2D eigenvalue weighted by Gasteiger charge is -2.21. The molecule has 142 valence electrons. The number of aryl methyl sites for hydroxylation is 1. The van der Waals surface area contributed by atoms with Crippen molar-refractivity contribution in [2.45, 2.75) is 32.6 Å². The number of halogens is 2. The summed E-state index contributed by atoms with van der Waals surface area (Å²) in [7, 11) is 0. The number of aromatic nitrogens is 1. The number of nitrogen functional groups attached to an aromatic ring is 1. The molecule has 1 aliphatic heterocycles. The predicted octanol–water partition coefficient (Wildman–Crippen LogP) is 4.45. The van der Waals surface area contributed by atoms with E-state index in [4.69, 9.17) is 5.73 Å². The van der Waals surface area contributed by atoms with Gasteiger partial charge in [0.1, 0.15) is 5.82 Å². The third-order valence-corrected chi connectivity index (χ3v) is 4.45. The lowest BCUT2D eigenvalue weighted by Crippen LogP contribution is -2.25. The van der Waals surface area contributed by atoms with Gasteiger partial charge in [0.05, 0.1) is 5.56 Å². The minimum absolute atomic E-state index is 0. The van der Waals surface area contributed by atoms with Gasteiger partial charge < -0.3 is 16.0 Å². The number of nitrogens with zero attached hydrogens (tertiary/aromatic N) is 2. The first-order chi connectivity index (χ1) is 11.6. The maximum atomic E-state index is 12.4. The Balaban J connectivity index is 0.00000169. The molecule has 0 radical (unpaired) electrons. The monoisotopic (exact) mass is 396 g/mol. The number of nitrogens with two attached hydrogens (primary N) is 1. The fourth-order valence-electron chi connectivity index (χ4n) is 2.98. The smallest absolute Gasteiger partial charge is 0.257 e. The van der Waals surface area contributed by atoms with Gasteiger partial charge >= 0.3 is 0 Å². The summed E-state index contributed by atoms with van der Waals surface area (Å²) >= 11 is 0. The predicted molar refractivity (Wildman–Crippen MR) is 113 cm³/mol. The normalized spacial score (nSPS) is 13.8. The molecule has 0 atom stereocenters. The highest BCUT2D eigenvalue weighted by molar-refractivity contribution is 6.04. The second-order valence-electron chi connectivity index (χ2n) is 6.33. The van der Waals surface area contributed by atoms with Crippen LogP contribution in [0.4, 0.5) is 17.2 Å². The Hall–Kier alpha value is -1.98. The Kier molecular flexibility index (Phi) is 8.69. The van der Waals surface area contributed by atoms with Crippen LogP contribution in [0.15, 0.2) is 36.5 Å². The Morgan fingerprint density at radius 1 is 1.08 bits per heavy atom. The molecule has 1 saturated heterocycles. The van der Waals surface area contributed by atoms with Gasteiger partial charge in [0.15, 0.2) is 0 Å². The lowest BCUT2D eigenvalue weighted by molar-refractivity contribution is 0.102. The molecule has 1 aliphatic rings. The van der Waals surface area contributed by atoms with Crippen molar-refractivity contribution in [2.75, 3.05) is 29.0 Å². The van der Waals surface area contributed by atoms with E-state index in [-0.39, 0.29) is 30.7 Å². The summed E-state index contributed by atoms with van der Waals surface area (Å²) in [6, 6.07) is 9.26. The zero-order valence-corrected chi connectivity index (χ0v) is 16.5. The van der Waals surface area contributed by atoms with E-state index < -0.39 is 0 Å². The minimum Gasteiger partial charge on any atom is -0.399 e. The molecule has 7 heteroatoms. The molecule has 3 rings (SSSR count). The second-order valence-corrected chi connectivity index (χ2v) is 6.33. The maximum absolute atomic E-state index is 12.4. The van der Waals surface area contributed by atoms with Gasteiger partial charge in [0, 0.05) is 30.7 Å². The number of rotatable bonds is 3. The number of benzene rings is 1. The first-order valence-corrected chi connectivity index (χ1v) is 8.52. The van der Waals surface area contributed by atoms with Gasteiger partial charge in [-0.15, -0.1) is 24.8 Å². The van der Waals surface area contributed by atoms with Crippen molar-refractivity contribution >= 4 is 47.9 Å². The molecule has 26 heavy (non-hydrogen) atoms. The molecule has 2 aromatic rings. The summed E-state index contributed by atoms with van der Waals surface area (Å²) in [6.07, 6.45) is 6.64. The molecule has 0 spiro atoms. The Bertz CT molecular complexity index is 714. The van der Waals surface area contributed by atoms with E-state index >= 15 is 0 Å². The molecule has 0 saturated carbocycles. The van der Waals surface area contributed by atoms with Crippen molar-refractivity contribution in [3.63, 3.8) is 0 Å². The quantitative estimate of drug-likeness (QED) is 0.751. The molecule has 5 nitrogen and oxygen atoms in total. The summed E-state index contributed by atoms with van der Waals surface area (Å²) in [4.78, 5) is 19.2. The maximum Gasteiger partial charge on any atom is 0.257 e. The highest BCUT2D eigenvalue weighted by atomic mass is 35.5. The number of amides is 1. The van der Waals surface area contributed by atoms with Crippen molar-refractivity contribution in [3.05, 3.63) is 47.7 Å². The Morgan fingerprint density at radius 3 is 2.38 bits per heavy atom. The van der Waals surface area contributed by atoms with Crippen LogP contribution in [0.3, 0.4) is 0 Å². The van der Waals surface area contributed by atoms with E-state index in [0.29, 0.717) is 11.3 Å². The third-order valence-electron chi connectivity index (χ3n) is 4.45. The summed E-state index contributed by atoms with van der Waals surface area (Å²) in [5, 5.41) is 2.90. The number of carbonyl (C=O) groups is 1. The van der Waals surface area contributed by atoms with Crippen LogP contribution in [0, 0.1) is 6.92 Å². The van der Waals surface area contributed by atoms with Gasteiger partial charge in [-0.3, -0.25) is 4.79 Å². The highest BCUT2D eigenvalue weighted by Gasteiger charge is 2.13. The molecule has 0 unspecified atom stereocenters. The third kappa shape index (κ3) is 5.51. The number of hydrogen-bond acceptors (Lipinski definition) is 4. The number of nitrogens with one attached hydrogen (secondary N) is 1. The SMILES string of the molecule is Cc1ccc(N)cc1NC(=O)c1ccc(N2CCCCCC2)nc1.Cl.Cl. The number of hydrogen-bond donors (Lipinski definition) is 2. The minimum atomic E-state index is -0.168. The second kappa shape index (κ2) is 10.2. The molecule has 1 amide bonds. The average Bonchev–Trinajstić information content (AvgIpc) is 2.87. The van der Waals surface area contributed by atoms with E-state index in [1.54, 1.807) is 12.3 Å². The van der Waals surface area contributed by atoms with E-state index in [0.717, 1.165) is 30.2 Å². The Labute approximate surface area is 167 Å². The van der Waals surface area contributed by atoms with Crippen molar-refractivity contribution in [3.8, 4) is 0 Å². The van der Waals surface area contributed by atoms with E-state index in [9.17, 15) is 4.79 Å². The zero-order chi connectivity index (χ0) is 16.9.